The smallest absolute Gasteiger partial charge is 0.220 e. The third-order valence-electron chi connectivity index (χ3n) is 2.99. The van der Waals surface area contributed by atoms with E-state index in [2.05, 4.69) is 24.1 Å². The van der Waals surface area contributed by atoms with Gasteiger partial charge in [0.2, 0.25) is 5.91 Å². The highest BCUT2D eigenvalue weighted by molar-refractivity contribution is 5.75. The lowest BCUT2D eigenvalue weighted by Gasteiger charge is -2.05. The van der Waals surface area contributed by atoms with Crippen molar-refractivity contribution in [3.8, 4) is 11.8 Å². The maximum Gasteiger partial charge on any atom is 0.220 e. The van der Waals surface area contributed by atoms with Crippen LogP contribution in [0.1, 0.15) is 50.2 Å². The summed E-state index contributed by atoms with van der Waals surface area (Å²) >= 11 is 0. The zero-order valence-corrected chi connectivity index (χ0v) is 12.1. The topological polar surface area (TPSA) is 49.3 Å². The van der Waals surface area contributed by atoms with Crippen LogP contribution >= 0.6 is 0 Å². The lowest BCUT2D eigenvalue weighted by atomic mass is 10.1. The number of nitrogens with one attached hydrogen (secondary N) is 1. The molecule has 0 aliphatic heterocycles. The van der Waals surface area contributed by atoms with Crippen molar-refractivity contribution in [3.63, 3.8) is 0 Å². The number of aliphatic hydroxyl groups excluding tert-OH is 1. The van der Waals surface area contributed by atoms with Crippen LogP contribution < -0.4 is 5.32 Å². The fourth-order valence-corrected chi connectivity index (χ4v) is 1.90. The molecule has 0 fully saturated rings. The van der Waals surface area contributed by atoms with Gasteiger partial charge in [0.05, 0.1) is 0 Å². The Morgan fingerprint density at radius 1 is 1.30 bits per heavy atom. The Morgan fingerprint density at radius 3 is 2.90 bits per heavy atom. The highest BCUT2D eigenvalue weighted by Crippen LogP contribution is 2.05. The van der Waals surface area contributed by atoms with Gasteiger partial charge in [0.1, 0.15) is 6.61 Å². The van der Waals surface area contributed by atoms with Crippen LogP contribution in [-0.4, -0.2) is 17.6 Å². The average molecular weight is 273 g/mol. The third-order valence-corrected chi connectivity index (χ3v) is 2.99. The van der Waals surface area contributed by atoms with Crippen molar-refractivity contribution < 1.29 is 9.90 Å². The summed E-state index contributed by atoms with van der Waals surface area (Å²) in [4.78, 5) is 11.7. The van der Waals surface area contributed by atoms with E-state index >= 15 is 0 Å². The molecule has 0 unspecified atom stereocenters. The molecule has 108 valence electrons. The average Bonchev–Trinajstić information content (AvgIpc) is 2.48. The molecule has 0 radical (unpaired) electrons. The predicted molar refractivity (Wildman–Crippen MR) is 81.0 cm³/mol. The largest absolute Gasteiger partial charge is 0.384 e. The first-order chi connectivity index (χ1) is 9.76. The second-order valence-corrected chi connectivity index (χ2v) is 4.75. The molecule has 3 nitrogen and oxygen atoms in total. The fourth-order valence-electron chi connectivity index (χ4n) is 1.90. The molecule has 0 bridgehead atoms. The molecular weight excluding hydrogens is 250 g/mol. The van der Waals surface area contributed by atoms with Gasteiger partial charge in [-0.2, -0.15) is 0 Å². The third kappa shape index (κ3) is 6.96. The Balaban J connectivity index is 2.35. The summed E-state index contributed by atoms with van der Waals surface area (Å²) in [5.41, 5.74) is 1.88. The molecule has 1 aromatic carbocycles. The number of aliphatic hydroxyl groups is 1. The zero-order valence-electron chi connectivity index (χ0n) is 12.1. The van der Waals surface area contributed by atoms with Crippen molar-refractivity contribution >= 4 is 5.91 Å². The molecule has 0 aromatic heterocycles. The van der Waals surface area contributed by atoms with E-state index in [1.54, 1.807) is 0 Å². The van der Waals surface area contributed by atoms with Crippen LogP contribution in [0.3, 0.4) is 0 Å². The Hall–Kier alpha value is -1.79. The molecule has 0 saturated carbocycles. The van der Waals surface area contributed by atoms with Crippen molar-refractivity contribution in [2.24, 2.45) is 0 Å². The normalized spacial score (nSPS) is 9.70. The van der Waals surface area contributed by atoms with Crippen molar-refractivity contribution in [1.82, 2.24) is 5.32 Å². The molecule has 0 atom stereocenters. The molecule has 2 N–H and O–H groups in total. The molecule has 1 rings (SSSR count). The van der Waals surface area contributed by atoms with Crippen molar-refractivity contribution in [3.05, 3.63) is 35.4 Å². The maximum absolute atomic E-state index is 11.7. The van der Waals surface area contributed by atoms with Crippen LogP contribution in [0.25, 0.3) is 0 Å². The van der Waals surface area contributed by atoms with Gasteiger partial charge in [-0.3, -0.25) is 4.79 Å². The molecule has 1 aromatic rings. The molecular formula is C17H23NO2. The van der Waals surface area contributed by atoms with E-state index in [4.69, 9.17) is 5.11 Å². The van der Waals surface area contributed by atoms with Crippen LogP contribution in [0.15, 0.2) is 24.3 Å². The van der Waals surface area contributed by atoms with Gasteiger partial charge in [0, 0.05) is 18.5 Å². The number of carbonyl (C=O) groups is 1. The standard InChI is InChI=1S/C17H23NO2/c1-2-3-4-5-11-17(20)18-14-16-9-6-8-15(13-16)10-7-12-19/h6,8-9,13,19H,2-5,11-12,14H2,1H3,(H,18,20). The zero-order chi connectivity index (χ0) is 14.6. The number of unbranched alkanes of at least 4 members (excludes halogenated alkanes) is 3. The van der Waals surface area contributed by atoms with Crippen molar-refractivity contribution in [1.29, 1.82) is 0 Å². The van der Waals surface area contributed by atoms with E-state index in [9.17, 15) is 4.79 Å². The summed E-state index contributed by atoms with van der Waals surface area (Å²) < 4.78 is 0. The summed E-state index contributed by atoms with van der Waals surface area (Å²) in [5, 5.41) is 11.6. The Kier molecular flexibility index (Phi) is 8.17. The summed E-state index contributed by atoms with van der Waals surface area (Å²) in [6, 6.07) is 7.68. The monoisotopic (exact) mass is 273 g/mol. The van der Waals surface area contributed by atoms with Crippen LogP contribution in [0.5, 0.6) is 0 Å². The van der Waals surface area contributed by atoms with Crippen LogP contribution in [-0.2, 0) is 11.3 Å². The van der Waals surface area contributed by atoms with E-state index in [0.29, 0.717) is 13.0 Å². The Labute approximate surface area is 121 Å². The molecule has 3 heteroatoms. The van der Waals surface area contributed by atoms with Crippen LogP contribution in [0.2, 0.25) is 0 Å². The summed E-state index contributed by atoms with van der Waals surface area (Å²) in [6.07, 6.45) is 5.06. The second-order valence-electron chi connectivity index (χ2n) is 4.75. The highest BCUT2D eigenvalue weighted by Gasteiger charge is 2.01. The van der Waals surface area contributed by atoms with E-state index < -0.39 is 0 Å². The van der Waals surface area contributed by atoms with E-state index in [-0.39, 0.29) is 12.5 Å². The number of hydrogen-bond acceptors (Lipinski definition) is 2. The van der Waals surface area contributed by atoms with E-state index in [0.717, 1.165) is 24.0 Å². The lowest BCUT2D eigenvalue weighted by molar-refractivity contribution is -0.121. The minimum absolute atomic E-state index is 0.105. The quantitative estimate of drug-likeness (QED) is 0.592. The fraction of sp³-hybridized carbons (Fsp3) is 0.471. The first-order valence-corrected chi connectivity index (χ1v) is 7.21. The summed E-state index contributed by atoms with van der Waals surface area (Å²) in [6.45, 7) is 2.55. The predicted octanol–water partition coefficient (Wildman–Crippen LogP) is 2.62. The minimum atomic E-state index is -0.140. The van der Waals surface area contributed by atoms with Gasteiger partial charge in [-0.25, -0.2) is 0 Å². The molecule has 20 heavy (non-hydrogen) atoms. The highest BCUT2D eigenvalue weighted by atomic mass is 16.2. The van der Waals surface area contributed by atoms with Crippen molar-refractivity contribution in [2.45, 2.75) is 45.6 Å². The van der Waals surface area contributed by atoms with Gasteiger partial charge in [-0.1, -0.05) is 50.2 Å². The lowest BCUT2D eigenvalue weighted by Crippen LogP contribution is -2.22. The molecule has 0 spiro atoms. The van der Waals surface area contributed by atoms with Gasteiger partial charge in [0.25, 0.3) is 0 Å². The van der Waals surface area contributed by atoms with Crippen molar-refractivity contribution in [2.75, 3.05) is 6.61 Å². The number of rotatable bonds is 7. The molecule has 0 saturated heterocycles. The van der Waals surface area contributed by atoms with E-state index in [1.165, 1.54) is 12.8 Å². The van der Waals surface area contributed by atoms with Gasteiger partial charge in [0.15, 0.2) is 0 Å². The summed E-state index contributed by atoms with van der Waals surface area (Å²) in [5.74, 6) is 5.58. The number of carbonyl (C=O) groups excluding carboxylic acids is 1. The molecule has 0 aliphatic carbocycles. The molecule has 0 aliphatic rings. The van der Waals surface area contributed by atoms with E-state index in [1.807, 2.05) is 24.3 Å². The van der Waals surface area contributed by atoms with Gasteiger partial charge in [-0.15, -0.1) is 0 Å². The number of benzene rings is 1. The minimum Gasteiger partial charge on any atom is -0.384 e. The summed E-state index contributed by atoms with van der Waals surface area (Å²) in [7, 11) is 0. The van der Waals surface area contributed by atoms with Gasteiger partial charge < -0.3 is 10.4 Å². The molecule has 1 amide bonds. The van der Waals surface area contributed by atoms with Crippen LogP contribution in [0, 0.1) is 11.8 Å². The number of hydrogen-bond donors (Lipinski definition) is 2. The molecule has 0 heterocycles. The SMILES string of the molecule is CCCCCCC(=O)NCc1cccc(C#CCO)c1. The van der Waals surface area contributed by atoms with Gasteiger partial charge >= 0.3 is 0 Å². The van der Waals surface area contributed by atoms with Crippen LogP contribution in [0.4, 0.5) is 0 Å². The number of amides is 1. The first kappa shape index (κ1) is 16.3. The maximum atomic E-state index is 11.7. The Morgan fingerprint density at radius 2 is 2.15 bits per heavy atom. The Bertz CT molecular complexity index is 471. The first-order valence-electron chi connectivity index (χ1n) is 7.21. The van der Waals surface area contributed by atoms with Gasteiger partial charge in [-0.05, 0) is 24.1 Å². The second kappa shape index (κ2) is 10.1.